The molecule has 0 aliphatic rings. The van der Waals surface area contributed by atoms with Crippen molar-refractivity contribution in [2.24, 2.45) is 7.05 Å². The molecule has 0 saturated heterocycles. The van der Waals surface area contributed by atoms with Gasteiger partial charge in [-0.05, 0) is 13.8 Å². The second-order valence-electron chi connectivity index (χ2n) is 3.04. The predicted octanol–water partition coefficient (Wildman–Crippen LogP) is -0.185. The van der Waals surface area contributed by atoms with E-state index in [-0.39, 0.29) is 11.8 Å². The topological polar surface area (TPSA) is 76.9 Å². The van der Waals surface area contributed by atoms with Gasteiger partial charge in [-0.1, -0.05) is 0 Å². The number of rotatable bonds is 4. The monoisotopic (exact) mass is 218 g/mol. The highest BCUT2D eigenvalue weighted by atomic mass is 32.2. The molecule has 0 aliphatic carbocycles. The fourth-order valence-corrected chi connectivity index (χ4v) is 1.90. The molecule has 1 atom stereocenters. The zero-order chi connectivity index (χ0) is 10.8. The summed E-state index contributed by atoms with van der Waals surface area (Å²) in [7, 11) is -1.42. The van der Waals surface area contributed by atoms with Crippen molar-refractivity contribution in [3.8, 4) is 0 Å². The highest BCUT2D eigenvalue weighted by molar-refractivity contribution is 7.89. The number of hydrogen-bond donors (Lipinski definition) is 1. The van der Waals surface area contributed by atoms with Gasteiger partial charge in [0.15, 0.2) is 0 Å². The van der Waals surface area contributed by atoms with Crippen molar-refractivity contribution < 1.29 is 8.42 Å². The van der Waals surface area contributed by atoms with Gasteiger partial charge in [-0.3, -0.25) is 0 Å². The second kappa shape index (κ2) is 4.05. The van der Waals surface area contributed by atoms with E-state index in [0.29, 0.717) is 5.82 Å². The number of aryl methyl sites for hydroxylation is 1. The third-order valence-corrected chi connectivity index (χ3v) is 3.34. The highest BCUT2D eigenvalue weighted by Crippen LogP contribution is 2.08. The summed E-state index contributed by atoms with van der Waals surface area (Å²) in [6.45, 7) is 3.32. The highest BCUT2D eigenvalue weighted by Gasteiger charge is 2.17. The van der Waals surface area contributed by atoms with E-state index in [0.717, 1.165) is 0 Å². The van der Waals surface area contributed by atoms with Crippen LogP contribution in [0.25, 0.3) is 0 Å². The molecule has 7 heteroatoms. The number of aromatic nitrogens is 3. The van der Waals surface area contributed by atoms with Gasteiger partial charge in [0.1, 0.15) is 12.2 Å². The minimum atomic E-state index is -3.19. The van der Waals surface area contributed by atoms with Gasteiger partial charge in [-0.2, -0.15) is 0 Å². The minimum Gasteiger partial charge on any atom is -0.319 e. The van der Waals surface area contributed by atoms with E-state index in [4.69, 9.17) is 0 Å². The standard InChI is InChI=1S/C7H14N4O2S/c1-4-14(12,13)10-6(2)7-9-8-5-11(7)3/h5-6,10H,4H2,1-3H3. The van der Waals surface area contributed by atoms with Gasteiger partial charge in [0, 0.05) is 7.05 Å². The van der Waals surface area contributed by atoms with Gasteiger partial charge < -0.3 is 4.57 Å². The summed E-state index contributed by atoms with van der Waals surface area (Å²) in [6, 6.07) is -0.354. The molecule has 0 spiro atoms. The second-order valence-corrected chi connectivity index (χ2v) is 5.09. The van der Waals surface area contributed by atoms with E-state index in [1.165, 1.54) is 6.33 Å². The molecule has 0 aliphatic heterocycles. The molecule has 0 amide bonds. The SMILES string of the molecule is CCS(=O)(=O)NC(C)c1nncn1C. The van der Waals surface area contributed by atoms with Gasteiger partial charge in [0.2, 0.25) is 10.0 Å². The van der Waals surface area contributed by atoms with E-state index in [2.05, 4.69) is 14.9 Å². The molecule has 0 aromatic carbocycles. The maximum atomic E-state index is 11.2. The van der Waals surface area contributed by atoms with Gasteiger partial charge in [-0.15, -0.1) is 10.2 Å². The first-order valence-corrected chi connectivity index (χ1v) is 5.95. The summed E-state index contributed by atoms with van der Waals surface area (Å²) < 4.78 is 26.7. The maximum absolute atomic E-state index is 11.2. The summed E-state index contributed by atoms with van der Waals surface area (Å²) >= 11 is 0. The van der Waals surface area contributed by atoms with E-state index in [1.54, 1.807) is 25.5 Å². The molecule has 1 N–H and O–H groups in total. The third-order valence-electron chi connectivity index (χ3n) is 1.87. The lowest BCUT2D eigenvalue weighted by Gasteiger charge is -2.11. The van der Waals surface area contributed by atoms with Crippen LogP contribution in [-0.4, -0.2) is 28.9 Å². The lowest BCUT2D eigenvalue weighted by molar-refractivity contribution is 0.554. The predicted molar refractivity (Wildman–Crippen MR) is 52.0 cm³/mol. The molecule has 14 heavy (non-hydrogen) atoms. The molecule has 1 unspecified atom stereocenters. The molecule has 6 nitrogen and oxygen atoms in total. The van der Waals surface area contributed by atoms with Crippen LogP contribution in [0.15, 0.2) is 6.33 Å². The van der Waals surface area contributed by atoms with Crippen molar-refractivity contribution in [3.05, 3.63) is 12.2 Å². The largest absolute Gasteiger partial charge is 0.319 e. The smallest absolute Gasteiger partial charge is 0.211 e. The molecular weight excluding hydrogens is 204 g/mol. The molecule has 0 bridgehead atoms. The Morgan fingerprint density at radius 1 is 1.64 bits per heavy atom. The summed E-state index contributed by atoms with van der Waals surface area (Å²) in [5.74, 6) is 0.664. The fraction of sp³-hybridized carbons (Fsp3) is 0.714. The van der Waals surface area contributed by atoms with Crippen LogP contribution in [0.3, 0.4) is 0 Å². The van der Waals surface area contributed by atoms with Crippen molar-refractivity contribution in [3.63, 3.8) is 0 Å². The van der Waals surface area contributed by atoms with Crippen LogP contribution < -0.4 is 4.72 Å². The number of hydrogen-bond acceptors (Lipinski definition) is 4. The van der Waals surface area contributed by atoms with Crippen molar-refractivity contribution in [2.45, 2.75) is 19.9 Å². The Morgan fingerprint density at radius 3 is 2.71 bits per heavy atom. The zero-order valence-electron chi connectivity index (χ0n) is 8.43. The van der Waals surface area contributed by atoms with E-state index >= 15 is 0 Å². The summed E-state index contributed by atoms with van der Waals surface area (Å²) in [4.78, 5) is 0. The Bertz CT molecular complexity index is 398. The Morgan fingerprint density at radius 2 is 2.29 bits per heavy atom. The first kappa shape index (κ1) is 11.1. The molecule has 0 saturated carbocycles. The lowest BCUT2D eigenvalue weighted by Crippen LogP contribution is -2.29. The van der Waals surface area contributed by atoms with Crippen molar-refractivity contribution in [2.75, 3.05) is 5.75 Å². The van der Waals surface area contributed by atoms with Crippen LogP contribution >= 0.6 is 0 Å². The van der Waals surface area contributed by atoms with Crippen LogP contribution in [-0.2, 0) is 17.1 Å². The van der Waals surface area contributed by atoms with Gasteiger partial charge in [-0.25, -0.2) is 13.1 Å². The molecule has 1 rings (SSSR count). The molecule has 1 aromatic heterocycles. The van der Waals surface area contributed by atoms with Gasteiger partial charge in [0.25, 0.3) is 0 Å². The zero-order valence-corrected chi connectivity index (χ0v) is 9.24. The first-order valence-electron chi connectivity index (χ1n) is 4.30. The number of nitrogens with one attached hydrogen (secondary N) is 1. The van der Waals surface area contributed by atoms with Crippen LogP contribution in [0.1, 0.15) is 25.7 Å². The van der Waals surface area contributed by atoms with Crippen molar-refractivity contribution >= 4 is 10.0 Å². The molecular formula is C7H14N4O2S. The summed E-state index contributed by atoms with van der Waals surface area (Å²) in [5, 5.41) is 7.50. The Hall–Kier alpha value is -0.950. The minimum absolute atomic E-state index is 0.0647. The number of nitrogens with zero attached hydrogens (tertiary/aromatic N) is 3. The van der Waals surface area contributed by atoms with E-state index in [9.17, 15) is 8.42 Å². The third kappa shape index (κ3) is 2.52. The molecule has 0 fully saturated rings. The Kier molecular flexibility index (Phi) is 3.22. The van der Waals surface area contributed by atoms with E-state index in [1.807, 2.05) is 0 Å². The molecule has 0 radical (unpaired) electrons. The van der Waals surface area contributed by atoms with Gasteiger partial charge in [0.05, 0.1) is 11.8 Å². The van der Waals surface area contributed by atoms with Crippen LogP contribution in [0.5, 0.6) is 0 Å². The average molecular weight is 218 g/mol. The van der Waals surface area contributed by atoms with Crippen LogP contribution in [0, 0.1) is 0 Å². The van der Waals surface area contributed by atoms with Crippen LogP contribution in [0.2, 0.25) is 0 Å². The summed E-state index contributed by atoms with van der Waals surface area (Å²) in [5.41, 5.74) is 0. The Balaban J connectivity index is 2.78. The molecule has 1 heterocycles. The van der Waals surface area contributed by atoms with Crippen molar-refractivity contribution in [1.82, 2.24) is 19.5 Å². The maximum Gasteiger partial charge on any atom is 0.211 e. The van der Waals surface area contributed by atoms with Crippen molar-refractivity contribution in [1.29, 1.82) is 0 Å². The lowest BCUT2D eigenvalue weighted by atomic mass is 10.3. The molecule has 80 valence electrons. The van der Waals surface area contributed by atoms with Crippen LogP contribution in [0.4, 0.5) is 0 Å². The quantitative estimate of drug-likeness (QED) is 0.760. The Labute approximate surface area is 83.4 Å². The first-order chi connectivity index (χ1) is 6.46. The summed E-state index contributed by atoms with van der Waals surface area (Å²) in [6.07, 6.45) is 1.53. The van der Waals surface area contributed by atoms with Gasteiger partial charge >= 0.3 is 0 Å². The van der Waals surface area contributed by atoms with E-state index < -0.39 is 10.0 Å². The number of sulfonamides is 1. The molecule has 1 aromatic rings. The normalized spacial score (nSPS) is 14.2. The fourth-order valence-electron chi connectivity index (χ4n) is 1.09. The average Bonchev–Trinajstić information content (AvgIpc) is 2.51.